The molecule has 4 heteroatoms. The van der Waals surface area contributed by atoms with Gasteiger partial charge in [-0.3, -0.25) is 0 Å². The van der Waals surface area contributed by atoms with Crippen LogP contribution in [0.5, 0.6) is 0 Å². The van der Waals surface area contributed by atoms with Gasteiger partial charge in [-0.15, -0.1) is 22.7 Å². The van der Waals surface area contributed by atoms with E-state index in [-0.39, 0.29) is 5.97 Å². The van der Waals surface area contributed by atoms with Gasteiger partial charge < -0.3 is 4.74 Å². The van der Waals surface area contributed by atoms with Gasteiger partial charge in [-0.2, -0.15) is 0 Å². The summed E-state index contributed by atoms with van der Waals surface area (Å²) in [7, 11) is 1.39. The lowest BCUT2D eigenvalue weighted by molar-refractivity contribution is 0.0601. The summed E-state index contributed by atoms with van der Waals surface area (Å²) < 4.78 is 4.64. The quantitative estimate of drug-likeness (QED) is 0.732. The maximum absolute atomic E-state index is 11.2. The summed E-state index contributed by atoms with van der Waals surface area (Å²) in [6.45, 7) is 0. The molecule has 0 saturated heterocycles. The van der Waals surface area contributed by atoms with Crippen LogP contribution in [0.15, 0.2) is 29.0 Å². The van der Waals surface area contributed by atoms with Gasteiger partial charge in [-0.25, -0.2) is 4.79 Å². The van der Waals surface area contributed by atoms with Gasteiger partial charge in [-0.1, -0.05) is 6.07 Å². The summed E-state index contributed by atoms with van der Waals surface area (Å²) in [5.74, 6) is -0.274. The van der Waals surface area contributed by atoms with E-state index in [0.29, 0.717) is 5.56 Å². The first kappa shape index (κ1) is 9.43. The molecule has 0 saturated carbocycles. The molecule has 72 valence electrons. The Balaban J connectivity index is 2.31. The third-order valence-corrected chi connectivity index (χ3v) is 3.78. The largest absolute Gasteiger partial charge is 0.465 e. The van der Waals surface area contributed by atoms with Crippen molar-refractivity contribution in [3.8, 4) is 9.75 Å². The van der Waals surface area contributed by atoms with Crippen LogP contribution in [0.25, 0.3) is 9.75 Å². The molecule has 0 radical (unpaired) electrons. The molecule has 0 aliphatic heterocycles. The molecular formula is C10H8O2S2. The number of ether oxygens (including phenoxy) is 1. The van der Waals surface area contributed by atoms with Crippen molar-refractivity contribution in [3.63, 3.8) is 0 Å². The van der Waals surface area contributed by atoms with Crippen molar-refractivity contribution in [3.05, 3.63) is 34.5 Å². The van der Waals surface area contributed by atoms with Crippen molar-refractivity contribution in [2.24, 2.45) is 0 Å². The molecule has 2 heterocycles. The predicted molar refractivity (Wildman–Crippen MR) is 59.0 cm³/mol. The molecule has 2 aromatic rings. The highest BCUT2D eigenvalue weighted by atomic mass is 32.1. The Morgan fingerprint density at radius 3 is 2.86 bits per heavy atom. The van der Waals surface area contributed by atoms with E-state index in [0.717, 1.165) is 4.88 Å². The topological polar surface area (TPSA) is 26.3 Å². The minimum Gasteiger partial charge on any atom is -0.465 e. The third kappa shape index (κ3) is 1.71. The average Bonchev–Trinajstić information content (AvgIpc) is 2.86. The van der Waals surface area contributed by atoms with E-state index in [9.17, 15) is 4.79 Å². The lowest BCUT2D eigenvalue weighted by atomic mass is 10.3. The monoisotopic (exact) mass is 224 g/mol. The van der Waals surface area contributed by atoms with Crippen LogP contribution in [0, 0.1) is 0 Å². The maximum Gasteiger partial charge on any atom is 0.338 e. The zero-order valence-electron chi connectivity index (χ0n) is 7.52. The highest BCUT2D eigenvalue weighted by Crippen LogP contribution is 2.30. The third-order valence-electron chi connectivity index (χ3n) is 1.78. The SMILES string of the molecule is COC(=O)c1csc(-c2cccs2)c1. The van der Waals surface area contributed by atoms with E-state index in [1.807, 2.05) is 29.0 Å². The molecule has 0 N–H and O–H groups in total. The van der Waals surface area contributed by atoms with Gasteiger partial charge in [-0.05, 0) is 17.5 Å². The average molecular weight is 224 g/mol. The molecule has 0 fully saturated rings. The van der Waals surface area contributed by atoms with Gasteiger partial charge in [0.15, 0.2) is 0 Å². The molecule has 0 amide bonds. The van der Waals surface area contributed by atoms with Crippen molar-refractivity contribution in [2.45, 2.75) is 0 Å². The van der Waals surface area contributed by atoms with Crippen LogP contribution < -0.4 is 0 Å². The van der Waals surface area contributed by atoms with Gasteiger partial charge in [0.2, 0.25) is 0 Å². The van der Waals surface area contributed by atoms with Crippen LogP contribution in [-0.4, -0.2) is 13.1 Å². The van der Waals surface area contributed by atoms with Gasteiger partial charge in [0, 0.05) is 15.1 Å². The number of carbonyl (C=O) groups is 1. The highest BCUT2D eigenvalue weighted by molar-refractivity contribution is 7.20. The van der Waals surface area contributed by atoms with Crippen LogP contribution in [-0.2, 0) is 4.74 Å². The number of methoxy groups -OCH3 is 1. The zero-order valence-corrected chi connectivity index (χ0v) is 9.15. The van der Waals surface area contributed by atoms with E-state index in [1.54, 1.807) is 22.7 Å². The summed E-state index contributed by atoms with van der Waals surface area (Å²) in [5.41, 5.74) is 0.626. The van der Waals surface area contributed by atoms with E-state index in [2.05, 4.69) is 4.74 Å². The van der Waals surface area contributed by atoms with Gasteiger partial charge in [0.1, 0.15) is 0 Å². The van der Waals surface area contributed by atoms with Crippen molar-refractivity contribution < 1.29 is 9.53 Å². The normalized spacial score (nSPS) is 10.1. The van der Waals surface area contributed by atoms with Crippen molar-refractivity contribution >= 4 is 28.6 Å². The van der Waals surface area contributed by atoms with Crippen LogP contribution in [0.2, 0.25) is 0 Å². The Bertz CT molecular complexity index is 429. The van der Waals surface area contributed by atoms with Gasteiger partial charge in [0.25, 0.3) is 0 Å². The van der Waals surface area contributed by atoms with Gasteiger partial charge >= 0.3 is 5.97 Å². The fourth-order valence-corrected chi connectivity index (χ4v) is 2.83. The van der Waals surface area contributed by atoms with E-state index >= 15 is 0 Å². The first-order valence-corrected chi connectivity index (χ1v) is 5.78. The van der Waals surface area contributed by atoms with E-state index in [4.69, 9.17) is 0 Å². The number of thiophene rings is 2. The summed E-state index contributed by atoms with van der Waals surface area (Å²) >= 11 is 3.23. The van der Waals surface area contributed by atoms with Crippen LogP contribution in [0.3, 0.4) is 0 Å². The molecular weight excluding hydrogens is 216 g/mol. The minimum atomic E-state index is -0.274. The molecule has 14 heavy (non-hydrogen) atoms. The fourth-order valence-electron chi connectivity index (χ4n) is 1.11. The molecule has 0 unspecified atom stereocenters. The Labute approximate surface area is 89.8 Å². The summed E-state index contributed by atoms with van der Waals surface area (Å²) in [6.07, 6.45) is 0. The predicted octanol–water partition coefficient (Wildman–Crippen LogP) is 3.26. The number of carbonyl (C=O) groups excluding carboxylic acids is 1. The second kappa shape index (κ2) is 3.94. The molecule has 0 aliphatic carbocycles. The van der Waals surface area contributed by atoms with Crippen molar-refractivity contribution in [1.82, 2.24) is 0 Å². The number of rotatable bonds is 2. The first-order chi connectivity index (χ1) is 6.81. The molecule has 2 nitrogen and oxygen atoms in total. The lowest BCUT2D eigenvalue weighted by Crippen LogP contribution is -1.97. The van der Waals surface area contributed by atoms with Gasteiger partial charge in [0.05, 0.1) is 12.7 Å². The fraction of sp³-hybridized carbons (Fsp3) is 0.100. The van der Waals surface area contributed by atoms with Crippen LogP contribution in [0.4, 0.5) is 0 Å². The molecule has 0 atom stereocenters. The Hall–Kier alpha value is -1.13. The molecule has 0 spiro atoms. The van der Waals surface area contributed by atoms with Crippen LogP contribution in [0.1, 0.15) is 10.4 Å². The molecule has 2 aromatic heterocycles. The van der Waals surface area contributed by atoms with E-state index in [1.165, 1.54) is 12.0 Å². The Kier molecular flexibility index (Phi) is 2.65. The standard InChI is InChI=1S/C10H8O2S2/c1-12-10(11)7-5-9(14-6-7)8-3-2-4-13-8/h2-6H,1H3. The van der Waals surface area contributed by atoms with Crippen molar-refractivity contribution in [2.75, 3.05) is 7.11 Å². The second-order valence-corrected chi connectivity index (χ2v) is 4.53. The number of hydrogen-bond donors (Lipinski definition) is 0. The highest BCUT2D eigenvalue weighted by Gasteiger charge is 2.09. The first-order valence-electron chi connectivity index (χ1n) is 4.02. The Morgan fingerprint density at radius 1 is 1.36 bits per heavy atom. The van der Waals surface area contributed by atoms with Crippen LogP contribution >= 0.6 is 22.7 Å². The number of hydrogen-bond acceptors (Lipinski definition) is 4. The van der Waals surface area contributed by atoms with E-state index < -0.39 is 0 Å². The number of esters is 1. The summed E-state index contributed by atoms with van der Waals surface area (Å²) in [4.78, 5) is 13.5. The molecule has 0 aliphatic rings. The smallest absolute Gasteiger partial charge is 0.338 e. The maximum atomic E-state index is 11.2. The molecule has 0 aromatic carbocycles. The summed E-state index contributed by atoms with van der Waals surface area (Å²) in [5, 5.41) is 3.84. The Morgan fingerprint density at radius 2 is 2.21 bits per heavy atom. The van der Waals surface area contributed by atoms with Crippen molar-refractivity contribution in [1.29, 1.82) is 0 Å². The zero-order chi connectivity index (χ0) is 9.97. The lowest BCUT2D eigenvalue weighted by Gasteiger charge is -1.92. The summed E-state index contributed by atoms with van der Waals surface area (Å²) in [6, 6.07) is 5.90. The second-order valence-electron chi connectivity index (χ2n) is 2.67. The minimum absolute atomic E-state index is 0.274. The molecule has 0 bridgehead atoms. The molecule has 2 rings (SSSR count).